The molecule has 1 saturated heterocycles. The summed E-state index contributed by atoms with van der Waals surface area (Å²) in [6.45, 7) is 6.74. The average molecular weight is 365 g/mol. The van der Waals surface area contributed by atoms with Gasteiger partial charge in [-0.25, -0.2) is 0 Å². The van der Waals surface area contributed by atoms with E-state index in [-0.39, 0.29) is 11.8 Å². The fourth-order valence-corrected chi connectivity index (χ4v) is 4.15. The Morgan fingerprint density at radius 1 is 1.15 bits per heavy atom. The van der Waals surface area contributed by atoms with Crippen molar-refractivity contribution in [2.75, 3.05) is 13.1 Å². The van der Waals surface area contributed by atoms with Crippen LogP contribution in [0.3, 0.4) is 0 Å². The number of carbonyl (C=O) groups is 1. The SMILES string of the molecule is Cc1ccc(C)n1CCCC(=O)N1CCC[C@@H](c2nnc3ccccn23)C1. The minimum Gasteiger partial charge on any atom is -0.349 e. The Morgan fingerprint density at radius 2 is 1.96 bits per heavy atom. The van der Waals surface area contributed by atoms with Crippen LogP contribution in [-0.2, 0) is 11.3 Å². The predicted molar refractivity (Wildman–Crippen MR) is 105 cm³/mol. The van der Waals surface area contributed by atoms with Crippen LogP contribution >= 0.6 is 0 Å². The van der Waals surface area contributed by atoms with Gasteiger partial charge in [-0.2, -0.15) is 0 Å². The Labute approximate surface area is 159 Å². The van der Waals surface area contributed by atoms with Gasteiger partial charge < -0.3 is 9.47 Å². The molecule has 142 valence electrons. The van der Waals surface area contributed by atoms with E-state index in [9.17, 15) is 4.79 Å². The number of pyridine rings is 1. The van der Waals surface area contributed by atoms with Crippen LogP contribution < -0.4 is 0 Å². The zero-order valence-corrected chi connectivity index (χ0v) is 16.1. The Hall–Kier alpha value is -2.63. The first kappa shape index (κ1) is 17.8. The Morgan fingerprint density at radius 3 is 2.78 bits per heavy atom. The molecule has 0 aromatic carbocycles. The summed E-state index contributed by atoms with van der Waals surface area (Å²) in [5.41, 5.74) is 3.39. The molecule has 4 rings (SSSR count). The van der Waals surface area contributed by atoms with E-state index in [1.165, 1.54) is 11.4 Å². The van der Waals surface area contributed by atoms with Gasteiger partial charge in [0.1, 0.15) is 5.82 Å². The molecule has 6 nitrogen and oxygen atoms in total. The molecular formula is C21H27N5O. The normalized spacial score (nSPS) is 17.6. The van der Waals surface area contributed by atoms with E-state index in [2.05, 4.69) is 45.1 Å². The Bertz CT molecular complexity index is 922. The molecule has 1 atom stereocenters. The van der Waals surface area contributed by atoms with Crippen molar-refractivity contribution < 1.29 is 4.79 Å². The highest BCUT2D eigenvalue weighted by atomic mass is 16.2. The fourth-order valence-electron chi connectivity index (χ4n) is 4.15. The summed E-state index contributed by atoms with van der Waals surface area (Å²) in [6, 6.07) is 10.2. The monoisotopic (exact) mass is 365 g/mol. The molecule has 3 aromatic rings. The van der Waals surface area contributed by atoms with Gasteiger partial charge in [0.05, 0.1) is 0 Å². The number of aromatic nitrogens is 4. The molecule has 3 aromatic heterocycles. The van der Waals surface area contributed by atoms with Gasteiger partial charge in [-0.3, -0.25) is 9.20 Å². The minimum absolute atomic E-state index is 0.258. The van der Waals surface area contributed by atoms with E-state index in [0.717, 1.165) is 50.4 Å². The molecule has 0 unspecified atom stereocenters. The van der Waals surface area contributed by atoms with Crippen LogP contribution in [0.15, 0.2) is 36.5 Å². The molecular weight excluding hydrogens is 338 g/mol. The standard InChI is InChI=1S/C21H27N5O/c1-16-10-11-17(2)25(16)14-6-9-20(27)24-12-5-7-18(15-24)21-23-22-19-8-3-4-13-26(19)21/h3-4,8,10-11,13,18H,5-7,9,12,14-15H2,1-2H3/t18-/m1/s1. The molecule has 4 heterocycles. The summed E-state index contributed by atoms with van der Waals surface area (Å²) in [6.07, 6.45) is 5.57. The van der Waals surface area contributed by atoms with Gasteiger partial charge in [0.25, 0.3) is 0 Å². The lowest BCUT2D eigenvalue weighted by Gasteiger charge is -2.32. The maximum absolute atomic E-state index is 12.7. The maximum atomic E-state index is 12.7. The third kappa shape index (κ3) is 3.61. The number of aryl methyl sites for hydroxylation is 2. The second-order valence-corrected chi connectivity index (χ2v) is 7.54. The average Bonchev–Trinajstić information content (AvgIpc) is 3.26. The van der Waals surface area contributed by atoms with Crippen molar-refractivity contribution in [3.63, 3.8) is 0 Å². The highest BCUT2D eigenvalue weighted by Gasteiger charge is 2.27. The summed E-state index contributed by atoms with van der Waals surface area (Å²) < 4.78 is 4.34. The first-order valence-corrected chi connectivity index (χ1v) is 9.83. The maximum Gasteiger partial charge on any atom is 0.222 e. The van der Waals surface area contributed by atoms with Crippen LogP contribution in [0.2, 0.25) is 0 Å². The molecule has 1 aliphatic heterocycles. The smallest absolute Gasteiger partial charge is 0.222 e. The van der Waals surface area contributed by atoms with Crippen molar-refractivity contribution in [2.24, 2.45) is 0 Å². The van der Waals surface area contributed by atoms with Crippen LogP contribution in [0, 0.1) is 13.8 Å². The van der Waals surface area contributed by atoms with Gasteiger partial charge in [0, 0.05) is 49.6 Å². The largest absolute Gasteiger partial charge is 0.349 e. The lowest BCUT2D eigenvalue weighted by Crippen LogP contribution is -2.39. The van der Waals surface area contributed by atoms with Crippen LogP contribution in [0.4, 0.5) is 0 Å². The third-order valence-corrected chi connectivity index (χ3v) is 5.67. The highest BCUT2D eigenvalue weighted by molar-refractivity contribution is 5.76. The first-order chi connectivity index (χ1) is 13.1. The molecule has 0 spiro atoms. The van der Waals surface area contributed by atoms with E-state index in [4.69, 9.17) is 0 Å². The van der Waals surface area contributed by atoms with Gasteiger partial charge in [-0.05, 0) is 57.4 Å². The molecule has 27 heavy (non-hydrogen) atoms. The Balaban J connectivity index is 1.37. The van der Waals surface area contributed by atoms with Crippen molar-refractivity contribution in [1.82, 2.24) is 24.1 Å². The van der Waals surface area contributed by atoms with Gasteiger partial charge in [-0.15, -0.1) is 10.2 Å². The fraction of sp³-hybridized carbons (Fsp3) is 0.476. The molecule has 1 aliphatic rings. The lowest BCUT2D eigenvalue weighted by molar-refractivity contribution is -0.132. The molecule has 0 N–H and O–H groups in total. The first-order valence-electron chi connectivity index (χ1n) is 9.83. The number of hydrogen-bond acceptors (Lipinski definition) is 3. The highest BCUT2D eigenvalue weighted by Crippen LogP contribution is 2.26. The summed E-state index contributed by atoms with van der Waals surface area (Å²) in [4.78, 5) is 14.8. The topological polar surface area (TPSA) is 55.4 Å². The minimum atomic E-state index is 0.258. The van der Waals surface area contributed by atoms with Crippen LogP contribution in [-0.4, -0.2) is 43.1 Å². The van der Waals surface area contributed by atoms with Crippen molar-refractivity contribution >= 4 is 11.6 Å². The van der Waals surface area contributed by atoms with Crippen LogP contribution in [0.1, 0.15) is 48.8 Å². The number of piperidine rings is 1. The van der Waals surface area contributed by atoms with Crippen molar-refractivity contribution in [3.05, 3.63) is 53.7 Å². The number of nitrogens with zero attached hydrogens (tertiary/aromatic N) is 5. The number of carbonyl (C=O) groups excluding carboxylic acids is 1. The number of likely N-dealkylation sites (tertiary alicyclic amines) is 1. The molecule has 1 amide bonds. The van der Waals surface area contributed by atoms with E-state index in [0.29, 0.717) is 6.42 Å². The van der Waals surface area contributed by atoms with Gasteiger partial charge >= 0.3 is 0 Å². The van der Waals surface area contributed by atoms with Crippen molar-refractivity contribution in [3.8, 4) is 0 Å². The molecule has 0 aliphatic carbocycles. The van der Waals surface area contributed by atoms with Gasteiger partial charge in [0.15, 0.2) is 5.65 Å². The van der Waals surface area contributed by atoms with Crippen molar-refractivity contribution in [2.45, 2.75) is 52.0 Å². The number of amides is 1. The molecule has 0 radical (unpaired) electrons. The van der Waals surface area contributed by atoms with E-state index in [1.807, 2.05) is 29.3 Å². The lowest BCUT2D eigenvalue weighted by atomic mass is 9.97. The van der Waals surface area contributed by atoms with Gasteiger partial charge in [0.2, 0.25) is 5.91 Å². The second kappa shape index (κ2) is 7.55. The summed E-state index contributed by atoms with van der Waals surface area (Å²) in [5, 5.41) is 8.66. The Kier molecular flexibility index (Phi) is 4.97. The summed E-state index contributed by atoms with van der Waals surface area (Å²) in [5.74, 6) is 1.49. The van der Waals surface area contributed by atoms with Crippen LogP contribution in [0.5, 0.6) is 0 Å². The zero-order valence-electron chi connectivity index (χ0n) is 16.1. The molecule has 6 heteroatoms. The molecule has 0 bridgehead atoms. The third-order valence-electron chi connectivity index (χ3n) is 5.67. The van der Waals surface area contributed by atoms with E-state index >= 15 is 0 Å². The van der Waals surface area contributed by atoms with Crippen LogP contribution in [0.25, 0.3) is 5.65 Å². The quantitative estimate of drug-likeness (QED) is 0.697. The van der Waals surface area contributed by atoms with E-state index < -0.39 is 0 Å². The van der Waals surface area contributed by atoms with Gasteiger partial charge in [-0.1, -0.05) is 6.07 Å². The molecule has 0 saturated carbocycles. The summed E-state index contributed by atoms with van der Waals surface area (Å²) in [7, 11) is 0. The van der Waals surface area contributed by atoms with E-state index in [1.54, 1.807) is 0 Å². The molecule has 1 fully saturated rings. The van der Waals surface area contributed by atoms with Crippen molar-refractivity contribution in [1.29, 1.82) is 0 Å². The summed E-state index contributed by atoms with van der Waals surface area (Å²) >= 11 is 0. The number of fused-ring (bicyclic) bond motifs is 1. The second-order valence-electron chi connectivity index (χ2n) is 7.54. The number of rotatable bonds is 5. The zero-order chi connectivity index (χ0) is 18.8. The predicted octanol–water partition coefficient (Wildman–Crippen LogP) is 3.33. The number of hydrogen-bond donors (Lipinski definition) is 0.